The number of carbonyl (C=O) groups is 1. The smallest absolute Gasteiger partial charge is 0.251 e. The fraction of sp³-hybridized carbons (Fsp3) is 0.0667. The first-order valence-corrected chi connectivity index (χ1v) is 5.51. The van der Waals surface area contributed by atoms with Gasteiger partial charge in [-0.25, -0.2) is 4.98 Å². The Kier molecular flexibility index (Phi) is 3.40. The van der Waals surface area contributed by atoms with Crippen LogP contribution in [-0.2, 0) is 0 Å². The molecule has 2 N–H and O–H groups in total. The van der Waals surface area contributed by atoms with E-state index in [-0.39, 0.29) is 0 Å². The maximum Gasteiger partial charge on any atom is 0.251 e. The van der Waals surface area contributed by atoms with Gasteiger partial charge in [-0.2, -0.15) is 0 Å². The monoisotopic (exact) mass is 236 g/mol. The van der Waals surface area contributed by atoms with Crippen molar-refractivity contribution in [1.82, 2.24) is 4.98 Å². The first-order chi connectivity index (χ1) is 8.68. The molecule has 88 valence electrons. The van der Waals surface area contributed by atoms with Gasteiger partial charge in [0.05, 0.1) is 5.56 Å². The summed E-state index contributed by atoms with van der Waals surface area (Å²) in [6.45, 7) is 1.98. The van der Waals surface area contributed by atoms with Crippen molar-refractivity contribution in [2.45, 2.75) is 6.92 Å². The van der Waals surface area contributed by atoms with Crippen LogP contribution in [0.2, 0.25) is 0 Å². The second kappa shape index (κ2) is 5.15. The normalized spacial score (nSPS) is 9.39. The molecule has 0 bridgehead atoms. The minimum absolute atomic E-state index is 0.346. The molecule has 0 fully saturated rings. The third-order valence-corrected chi connectivity index (χ3v) is 2.53. The number of nitrogens with zero attached hydrogens (tertiary/aromatic N) is 1. The van der Waals surface area contributed by atoms with Crippen molar-refractivity contribution in [3.05, 3.63) is 65.0 Å². The van der Waals surface area contributed by atoms with Crippen LogP contribution < -0.4 is 5.73 Å². The highest BCUT2D eigenvalue weighted by Crippen LogP contribution is 2.06. The molecule has 3 nitrogen and oxygen atoms in total. The average Bonchev–Trinajstić information content (AvgIpc) is 2.38. The van der Waals surface area contributed by atoms with Crippen LogP contribution in [0.25, 0.3) is 0 Å². The Morgan fingerprint density at radius 2 is 1.94 bits per heavy atom. The summed E-state index contributed by atoms with van der Waals surface area (Å²) < 4.78 is 0. The van der Waals surface area contributed by atoms with E-state index in [9.17, 15) is 4.79 Å². The molecule has 1 aromatic carbocycles. The van der Waals surface area contributed by atoms with Crippen LogP contribution in [0, 0.1) is 18.8 Å². The minimum atomic E-state index is -0.516. The predicted octanol–water partition coefficient (Wildman–Crippen LogP) is 1.89. The van der Waals surface area contributed by atoms with Gasteiger partial charge in [0.2, 0.25) is 0 Å². The van der Waals surface area contributed by atoms with Crippen molar-refractivity contribution in [2.24, 2.45) is 5.73 Å². The Bertz CT molecular complexity index is 651. The highest BCUT2D eigenvalue weighted by molar-refractivity contribution is 5.94. The average molecular weight is 236 g/mol. The van der Waals surface area contributed by atoms with E-state index in [0.717, 1.165) is 11.1 Å². The third-order valence-electron chi connectivity index (χ3n) is 2.53. The first kappa shape index (κ1) is 11.9. The molecule has 1 heterocycles. The van der Waals surface area contributed by atoms with E-state index >= 15 is 0 Å². The molecular formula is C15H12N2O. The van der Waals surface area contributed by atoms with Gasteiger partial charge in [-0.05, 0) is 36.6 Å². The first-order valence-electron chi connectivity index (χ1n) is 5.51. The lowest BCUT2D eigenvalue weighted by molar-refractivity contribution is 0.0999. The third kappa shape index (κ3) is 2.55. The summed E-state index contributed by atoms with van der Waals surface area (Å²) in [6.07, 6.45) is 1.59. The fourth-order valence-electron chi connectivity index (χ4n) is 1.54. The van der Waals surface area contributed by atoms with Crippen LogP contribution in [0.5, 0.6) is 0 Å². The van der Waals surface area contributed by atoms with E-state index in [0.29, 0.717) is 11.3 Å². The number of carbonyl (C=O) groups excluding carboxylic acids is 1. The van der Waals surface area contributed by atoms with Crippen molar-refractivity contribution in [3.63, 3.8) is 0 Å². The topological polar surface area (TPSA) is 56.0 Å². The highest BCUT2D eigenvalue weighted by Gasteiger charge is 2.05. The summed E-state index contributed by atoms with van der Waals surface area (Å²) in [5.74, 6) is 5.38. The van der Waals surface area contributed by atoms with Crippen LogP contribution >= 0.6 is 0 Å². The van der Waals surface area contributed by atoms with Crippen LogP contribution in [-0.4, -0.2) is 10.9 Å². The summed E-state index contributed by atoms with van der Waals surface area (Å²) in [4.78, 5) is 15.3. The number of aryl methyl sites for hydroxylation is 1. The molecule has 0 aliphatic heterocycles. The van der Waals surface area contributed by atoms with Crippen molar-refractivity contribution in [3.8, 4) is 11.8 Å². The summed E-state index contributed by atoms with van der Waals surface area (Å²) in [7, 11) is 0. The predicted molar refractivity (Wildman–Crippen MR) is 69.9 cm³/mol. The summed E-state index contributed by atoms with van der Waals surface area (Å²) in [6, 6.07) is 11.1. The molecule has 0 saturated heterocycles. The van der Waals surface area contributed by atoms with Crippen molar-refractivity contribution >= 4 is 5.91 Å². The van der Waals surface area contributed by atoms with E-state index in [1.54, 1.807) is 18.3 Å². The Morgan fingerprint density at radius 3 is 2.67 bits per heavy atom. The van der Waals surface area contributed by atoms with E-state index in [1.165, 1.54) is 0 Å². The molecule has 1 amide bonds. The zero-order valence-electron chi connectivity index (χ0n) is 9.97. The second-order valence-corrected chi connectivity index (χ2v) is 3.83. The molecule has 2 rings (SSSR count). The number of aromatic nitrogens is 1. The number of pyridine rings is 1. The largest absolute Gasteiger partial charge is 0.366 e. The summed E-state index contributed by atoms with van der Waals surface area (Å²) >= 11 is 0. The maximum absolute atomic E-state index is 11.2. The van der Waals surface area contributed by atoms with Gasteiger partial charge in [-0.3, -0.25) is 4.79 Å². The van der Waals surface area contributed by atoms with Crippen molar-refractivity contribution < 1.29 is 4.79 Å². The molecule has 1 aromatic heterocycles. The molecule has 0 atom stereocenters. The SMILES string of the molecule is Cc1ccccc1C#Cc1ncccc1C(N)=O. The Morgan fingerprint density at radius 1 is 1.17 bits per heavy atom. The lowest BCUT2D eigenvalue weighted by atomic mass is 10.1. The van der Waals surface area contributed by atoms with Crippen molar-refractivity contribution in [1.29, 1.82) is 0 Å². The Hall–Kier alpha value is -2.60. The van der Waals surface area contributed by atoms with Crippen LogP contribution in [0.1, 0.15) is 27.2 Å². The number of hydrogen-bond acceptors (Lipinski definition) is 2. The van der Waals surface area contributed by atoms with Crippen LogP contribution in [0.3, 0.4) is 0 Å². The quantitative estimate of drug-likeness (QED) is 0.769. The zero-order chi connectivity index (χ0) is 13.0. The molecule has 0 radical (unpaired) electrons. The molecular weight excluding hydrogens is 224 g/mol. The number of amides is 1. The summed E-state index contributed by atoms with van der Waals surface area (Å²) in [5, 5.41) is 0. The van der Waals surface area contributed by atoms with E-state index < -0.39 is 5.91 Å². The number of nitrogens with two attached hydrogens (primary N) is 1. The lowest BCUT2D eigenvalue weighted by Gasteiger charge is -1.98. The van der Waals surface area contributed by atoms with Gasteiger partial charge in [-0.1, -0.05) is 24.1 Å². The Labute approximate surface area is 106 Å². The lowest BCUT2D eigenvalue weighted by Crippen LogP contribution is -2.13. The highest BCUT2D eigenvalue weighted by atomic mass is 16.1. The molecule has 3 heteroatoms. The van der Waals surface area contributed by atoms with Crippen molar-refractivity contribution in [2.75, 3.05) is 0 Å². The van der Waals surface area contributed by atoms with Gasteiger partial charge < -0.3 is 5.73 Å². The van der Waals surface area contributed by atoms with Gasteiger partial charge in [0, 0.05) is 11.8 Å². The molecule has 0 spiro atoms. The molecule has 18 heavy (non-hydrogen) atoms. The van der Waals surface area contributed by atoms with E-state index in [2.05, 4.69) is 16.8 Å². The van der Waals surface area contributed by atoms with Gasteiger partial charge in [0.25, 0.3) is 5.91 Å². The molecule has 0 aliphatic carbocycles. The van der Waals surface area contributed by atoms with Gasteiger partial charge in [0.1, 0.15) is 5.69 Å². The summed E-state index contributed by atoms with van der Waals surface area (Å²) in [5.41, 5.74) is 8.02. The van der Waals surface area contributed by atoms with Gasteiger partial charge >= 0.3 is 0 Å². The molecule has 0 saturated carbocycles. The maximum atomic E-state index is 11.2. The number of benzene rings is 1. The standard InChI is InChI=1S/C15H12N2O/c1-11-5-2-3-6-12(11)8-9-14-13(15(16)18)7-4-10-17-14/h2-7,10H,1H3,(H2,16,18). The zero-order valence-corrected chi connectivity index (χ0v) is 9.97. The Balaban J connectivity index is 2.42. The van der Waals surface area contributed by atoms with E-state index in [1.807, 2.05) is 31.2 Å². The fourth-order valence-corrected chi connectivity index (χ4v) is 1.54. The molecule has 2 aromatic rings. The van der Waals surface area contributed by atoms with Crippen LogP contribution in [0.15, 0.2) is 42.6 Å². The van der Waals surface area contributed by atoms with E-state index in [4.69, 9.17) is 5.73 Å². The van der Waals surface area contributed by atoms with Gasteiger partial charge in [-0.15, -0.1) is 0 Å². The molecule has 0 unspecified atom stereocenters. The van der Waals surface area contributed by atoms with Crippen LogP contribution in [0.4, 0.5) is 0 Å². The number of primary amides is 1. The number of hydrogen-bond donors (Lipinski definition) is 1. The molecule has 0 aliphatic rings. The minimum Gasteiger partial charge on any atom is -0.366 e. The van der Waals surface area contributed by atoms with Gasteiger partial charge in [0.15, 0.2) is 0 Å². The second-order valence-electron chi connectivity index (χ2n) is 3.83. The number of rotatable bonds is 1.